The molecule has 0 bridgehead atoms. The first-order valence-electron chi connectivity index (χ1n) is 4.67. The summed E-state index contributed by atoms with van der Waals surface area (Å²) in [7, 11) is 1.27. The minimum absolute atomic E-state index is 0.207. The Morgan fingerprint density at radius 2 is 2.13 bits per heavy atom. The number of alkyl halides is 1. The summed E-state index contributed by atoms with van der Waals surface area (Å²) in [6, 6.07) is 6.40. The van der Waals surface area contributed by atoms with E-state index >= 15 is 0 Å². The van der Waals surface area contributed by atoms with Gasteiger partial charge in [-0.1, -0.05) is 19.1 Å². The van der Waals surface area contributed by atoms with Gasteiger partial charge in [0.05, 0.1) is 7.11 Å². The zero-order valence-corrected chi connectivity index (χ0v) is 8.70. The number of methoxy groups -OCH3 is 1. The Morgan fingerprint density at radius 1 is 1.47 bits per heavy atom. The van der Waals surface area contributed by atoms with Crippen molar-refractivity contribution in [3.8, 4) is 5.75 Å². The van der Waals surface area contributed by atoms with E-state index in [-0.39, 0.29) is 17.7 Å². The van der Waals surface area contributed by atoms with Crippen LogP contribution in [0.4, 0.5) is 4.39 Å². The highest BCUT2D eigenvalue weighted by Crippen LogP contribution is 2.21. The van der Waals surface area contributed by atoms with Crippen molar-refractivity contribution >= 4 is 5.97 Å². The van der Waals surface area contributed by atoms with Crippen molar-refractivity contribution in [2.24, 2.45) is 0 Å². The first kappa shape index (κ1) is 11.5. The molecule has 0 saturated heterocycles. The fourth-order valence-corrected chi connectivity index (χ4v) is 1.07. The molecule has 1 rings (SSSR count). The molecule has 1 atom stereocenters. The third kappa shape index (κ3) is 2.94. The van der Waals surface area contributed by atoms with E-state index in [0.29, 0.717) is 0 Å². The zero-order valence-electron chi connectivity index (χ0n) is 8.70. The molecule has 4 heteroatoms. The molecule has 3 nitrogen and oxygen atoms in total. The average molecular weight is 212 g/mol. The third-order valence-corrected chi connectivity index (χ3v) is 1.87. The van der Waals surface area contributed by atoms with E-state index in [9.17, 15) is 9.18 Å². The van der Waals surface area contributed by atoms with Crippen LogP contribution in [0.2, 0.25) is 0 Å². The lowest BCUT2D eigenvalue weighted by atomic mass is 10.2. The Hall–Kier alpha value is -1.58. The molecule has 1 unspecified atom stereocenters. The standard InChI is InChI=1S/C11H13FO3/c1-3-10(12)15-9-7-5-4-6-8(9)11(13)14-2/h4-7,10H,3H2,1-2H3. The molecule has 1 aromatic carbocycles. The maximum atomic E-state index is 13.0. The van der Waals surface area contributed by atoms with Crippen LogP contribution in [0.15, 0.2) is 24.3 Å². The van der Waals surface area contributed by atoms with Crippen molar-refractivity contribution in [3.63, 3.8) is 0 Å². The van der Waals surface area contributed by atoms with Gasteiger partial charge in [0.2, 0.25) is 6.36 Å². The molecule has 0 aromatic heterocycles. The lowest BCUT2D eigenvalue weighted by Gasteiger charge is -2.12. The van der Waals surface area contributed by atoms with Gasteiger partial charge in [0.1, 0.15) is 11.3 Å². The summed E-state index contributed by atoms with van der Waals surface area (Å²) in [4.78, 5) is 11.3. The second kappa shape index (κ2) is 5.34. The van der Waals surface area contributed by atoms with Crippen LogP contribution in [0.3, 0.4) is 0 Å². The summed E-state index contributed by atoms with van der Waals surface area (Å²) in [6.45, 7) is 1.66. The molecule has 0 amide bonds. The van der Waals surface area contributed by atoms with Gasteiger partial charge in [0, 0.05) is 6.42 Å². The summed E-state index contributed by atoms with van der Waals surface area (Å²) in [5, 5.41) is 0. The molecule has 82 valence electrons. The Morgan fingerprint density at radius 3 is 2.73 bits per heavy atom. The van der Waals surface area contributed by atoms with E-state index in [1.165, 1.54) is 19.2 Å². The monoisotopic (exact) mass is 212 g/mol. The van der Waals surface area contributed by atoms with E-state index in [0.717, 1.165) is 0 Å². The summed E-state index contributed by atoms with van der Waals surface area (Å²) < 4.78 is 22.5. The molecular weight excluding hydrogens is 199 g/mol. The summed E-state index contributed by atoms with van der Waals surface area (Å²) in [6.07, 6.45) is -1.18. The van der Waals surface area contributed by atoms with Crippen LogP contribution in [-0.2, 0) is 4.74 Å². The van der Waals surface area contributed by atoms with E-state index in [2.05, 4.69) is 4.74 Å². The van der Waals surface area contributed by atoms with Crippen molar-refractivity contribution in [2.45, 2.75) is 19.7 Å². The number of ether oxygens (including phenoxy) is 2. The highest BCUT2D eigenvalue weighted by molar-refractivity contribution is 5.92. The first-order valence-corrected chi connectivity index (χ1v) is 4.67. The van der Waals surface area contributed by atoms with E-state index in [4.69, 9.17) is 4.74 Å². The van der Waals surface area contributed by atoms with Crippen molar-refractivity contribution in [1.82, 2.24) is 0 Å². The SMILES string of the molecule is CCC(F)Oc1ccccc1C(=O)OC. The minimum atomic E-state index is -1.41. The molecule has 0 saturated carbocycles. The highest BCUT2D eigenvalue weighted by Gasteiger charge is 2.14. The average Bonchev–Trinajstić information content (AvgIpc) is 2.28. The molecule has 1 aromatic rings. The van der Waals surface area contributed by atoms with Gasteiger partial charge in [0.25, 0.3) is 0 Å². The number of rotatable bonds is 4. The number of carbonyl (C=O) groups is 1. The predicted octanol–water partition coefficient (Wildman–Crippen LogP) is 2.56. The van der Waals surface area contributed by atoms with Gasteiger partial charge >= 0.3 is 5.97 Å². The third-order valence-electron chi connectivity index (χ3n) is 1.87. The van der Waals surface area contributed by atoms with Gasteiger partial charge < -0.3 is 9.47 Å². The number of benzene rings is 1. The fourth-order valence-electron chi connectivity index (χ4n) is 1.07. The van der Waals surface area contributed by atoms with Gasteiger partial charge in [-0.25, -0.2) is 9.18 Å². The normalized spacial score (nSPS) is 11.9. The van der Waals surface area contributed by atoms with Crippen molar-refractivity contribution < 1.29 is 18.7 Å². The summed E-state index contributed by atoms with van der Waals surface area (Å²) in [5.74, 6) is -0.326. The first-order chi connectivity index (χ1) is 7.19. The highest BCUT2D eigenvalue weighted by atomic mass is 19.1. The Bertz CT molecular complexity index is 338. The van der Waals surface area contributed by atoms with E-state index in [1.54, 1.807) is 19.1 Å². The van der Waals surface area contributed by atoms with Crippen molar-refractivity contribution in [1.29, 1.82) is 0 Å². The van der Waals surface area contributed by atoms with Crippen LogP contribution in [0.25, 0.3) is 0 Å². The maximum Gasteiger partial charge on any atom is 0.341 e. The molecule has 0 radical (unpaired) electrons. The van der Waals surface area contributed by atoms with Gasteiger partial charge in [-0.15, -0.1) is 0 Å². The van der Waals surface area contributed by atoms with Crippen molar-refractivity contribution in [2.75, 3.05) is 7.11 Å². The maximum absolute atomic E-state index is 13.0. The number of carbonyl (C=O) groups excluding carboxylic acids is 1. The largest absolute Gasteiger partial charge is 0.465 e. The number of hydrogen-bond donors (Lipinski definition) is 0. The van der Waals surface area contributed by atoms with Crippen LogP contribution in [-0.4, -0.2) is 19.4 Å². The smallest absolute Gasteiger partial charge is 0.341 e. The quantitative estimate of drug-likeness (QED) is 0.719. The molecule has 15 heavy (non-hydrogen) atoms. The topological polar surface area (TPSA) is 35.5 Å². The predicted molar refractivity (Wildman–Crippen MR) is 53.6 cm³/mol. The van der Waals surface area contributed by atoms with Crippen LogP contribution >= 0.6 is 0 Å². The zero-order chi connectivity index (χ0) is 11.3. The minimum Gasteiger partial charge on any atom is -0.465 e. The lowest BCUT2D eigenvalue weighted by Crippen LogP contribution is -2.12. The second-order valence-corrected chi connectivity index (χ2v) is 2.92. The van der Waals surface area contributed by atoms with Crippen LogP contribution in [0, 0.1) is 0 Å². The van der Waals surface area contributed by atoms with Crippen molar-refractivity contribution in [3.05, 3.63) is 29.8 Å². The molecular formula is C11H13FO3. The molecule has 0 aliphatic rings. The molecule has 0 N–H and O–H groups in total. The Kier molecular flexibility index (Phi) is 4.09. The number of halogens is 1. The Balaban J connectivity index is 2.91. The molecule has 0 heterocycles. The van der Waals surface area contributed by atoms with E-state index in [1.807, 2.05) is 0 Å². The number of esters is 1. The molecule has 0 aliphatic carbocycles. The van der Waals surface area contributed by atoms with Crippen LogP contribution in [0.5, 0.6) is 5.75 Å². The van der Waals surface area contributed by atoms with Gasteiger partial charge in [-0.3, -0.25) is 0 Å². The summed E-state index contributed by atoms with van der Waals surface area (Å²) in [5.41, 5.74) is 0.233. The van der Waals surface area contributed by atoms with Gasteiger partial charge in [-0.2, -0.15) is 0 Å². The van der Waals surface area contributed by atoms with Crippen LogP contribution < -0.4 is 4.74 Å². The molecule has 0 fully saturated rings. The Labute approximate surface area is 87.8 Å². The van der Waals surface area contributed by atoms with Gasteiger partial charge in [0.15, 0.2) is 0 Å². The fraction of sp³-hybridized carbons (Fsp3) is 0.364. The molecule has 0 aliphatic heterocycles. The lowest BCUT2D eigenvalue weighted by molar-refractivity contribution is 0.0527. The second-order valence-electron chi connectivity index (χ2n) is 2.92. The van der Waals surface area contributed by atoms with Crippen LogP contribution in [0.1, 0.15) is 23.7 Å². The van der Waals surface area contributed by atoms with E-state index < -0.39 is 12.3 Å². The summed E-state index contributed by atoms with van der Waals surface area (Å²) >= 11 is 0. The number of para-hydroxylation sites is 1. The molecule has 0 spiro atoms. The van der Waals surface area contributed by atoms with Gasteiger partial charge in [-0.05, 0) is 12.1 Å². The number of hydrogen-bond acceptors (Lipinski definition) is 3.